The smallest absolute Gasteiger partial charge is 1.00 e. The summed E-state index contributed by atoms with van der Waals surface area (Å²) in [5.41, 5.74) is 11.7. The average Bonchev–Trinajstić information content (AvgIpc) is 3.62. The van der Waals surface area contributed by atoms with Crippen molar-refractivity contribution in [2.75, 3.05) is 0 Å². The Labute approximate surface area is 313 Å². The minimum absolute atomic E-state index is 0. The van der Waals surface area contributed by atoms with Crippen LogP contribution in [0.25, 0.3) is 32.7 Å². The van der Waals surface area contributed by atoms with Crippen molar-refractivity contribution in [2.45, 2.75) is 92.8 Å². The zero-order chi connectivity index (χ0) is 33.1. The van der Waals surface area contributed by atoms with E-state index in [1.54, 1.807) is 5.20 Å². The number of halogens is 2. The van der Waals surface area contributed by atoms with Crippen LogP contribution in [0.15, 0.2) is 89.7 Å². The fourth-order valence-corrected chi connectivity index (χ4v) is 9.91. The molecule has 4 heteroatoms. The van der Waals surface area contributed by atoms with Crippen LogP contribution in [0.2, 0.25) is 19.6 Å². The number of hydrogen-bond acceptors (Lipinski definition) is 0. The van der Waals surface area contributed by atoms with Crippen molar-refractivity contribution >= 4 is 44.0 Å². The summed E-state index contributed by atoms with van der Waals surface area (Å²) in [5, 5.41) is 7.17. The van der Waals surface area contributed by atoms with Crippen molar-refractivity contribution in [3.8, 4) is 0 Å². The van der Waals surface area contributed by atoms with Crippen LogP contribution in [0.3, 0.4) is 0 Å². The Hall–Kier alpha value is -1.96. The summed E-state index contributed by atoms with van der Waals surface area (Å²) in [4.78, 5) is 0. The molecule has 3 aliphatic rings. The Bertz CT molecular complexity index is 1850. The SMILES string of the molecule is CC1=CC(C)(C)c2cc3[cH-]c4cc5c(cc4c3cc21)C(C)=CC5(C)C.CC1=[C-]C(C)C=C1[Si](C)(C)C.C[C](=[Zr+2])c1ccccc1.[Cl-].[Cl-]. The normalized spacial score (nSPS) is 18.2. The molecule has 0 fully saturated rings. The standard InChI is InChI=1S/C25H25.C10H17Si.C8H8.2ClH.Zr/c1-14-12-24(3,4)22-8-16-7-17-9-23-19(15(2)13-25(23,5)6)11-21(17)20(16)10-18(14)22;1-8-6-9(2)10(7-8)11(3,4)5;1-2-8-6-4-3-5-7-8;;;/h7-13H,1-6H3;7-8H,1-5H3;3-7H,1H3;2*1H;/q2*-1;;;;+2/p-2. The number of benzene rings is 3. The minimum atomic E-state index is -1.07. The molecule has 1 unspecified atom stereocenters. The zero-order valence-corrected chi connectivity index (χ0v) is 35.3. The maximum atomic E-state index is 3.43. The number of hydrogen-bond donors (Lipinski definition) is 0. The molecule has 0 amide bonds. The molecule has 0 bridgehead atoms. The van der Waals surface area contributed by atoms with Gasteiger partial charge in [0.05, 0.1) is 0 Å². The monoisotopic (exact) mass is 754 g/mol. The first kappa shape index (κ1) is 39.5. The second-order valence-electron chi connectivity index (χ2n) is 15.6. The average molecular weight is 757 g/mol. The molecule has 246 valence electrons. The molecular formula is C43H50Cl2SiZr-2. The molecule has 0 nitrogen and oxygen atoms in total. The summed E-state index contributed by atoms with van der Waals surface area (Å²) in [6.45, 7) is 27.5. The third-order valence-corrected chi connectivity index (χ3v) is 12.5. The minimum Gasteiger partial charge on any atom is -1.00 e. The number of rotatable bonds is 2. The van der Waals surface area contributed by atoms with Gasteiger partial charge in [0.1, 0.15) is 0 Å². The van der Waals surface area contributed by atoms with Gasteiger partial charge in [0.2, 0.25) is 0 Å². The molecule has 0 saturated heterocycles. The van der Waals surface area contributed by atoms with Gasteiger partial charge in [0.25, 0.3) is 0 Å². The molecule has 0 spiro atoms. The Balaban J connectivity index is 0.000000228. The van der Waals surface area contributed by atoms with Gasteiger partial charge >= 0.3 is 70.3 Å². The Kier molecular flexibility index (Phi) is 12.2. The predicted molar refractivity (Wildman–Crippen MR) is 200 cm³/mol. The van der Waals surface area contributed by atoms with Crippen LogP contribution in [0.4, 0.5) is 0 Å². The molecule has 0 heterocycles. The van der Waals surface area contributed by atoms with Crippen LogP contribution in [-0.2, 0) is 35.1 Å². The molecule has 7 rings (SSSR count). The Morgan fingerprint density at radius 2 is 1.21 bits per heavy atom. The van der Waals surface area contributed by atoms with Crippen molar-refractivity contribution in [1.29, 1.82) is 0 Å². The largest absolute Gasteiger partial charge is 1.00 e. The van der Waals surface area contributed by atoms with Gasteiger partial charge in [0, 0.05) is 10.8 Å². The van der Waals surface area contributed by atoms with Crippen LogP contribution in [-0.4, -0.2) is 11.3 Å². The maximum Gasteiger partial charge on any atom is -1.00 e. The molecule has 3 aliphatic carbocycles. The van der Waals surface area contributed by atoms with Crippen LogP contribution in [0, 0.1) is 12.0 Å². The van der Waals surface area contributed by atoms with Gasteiger partial charge < -0.3 is 24.8 Å². The number of fused-ring (bicyclic) bond motifs is 5. The quantitative estimate of drug-likeness (QED) is 0.172. The molecule has 47 heavy (non-hydrogen) atoms. The van der Waals surface area contributed by atoms with E-state index in [1.807, 2.05) is 6.07 Å². The van der Waals surface area contributed by atoms with E-state index >= 15 is 0 Å². The molecule has 4 aromatic rings. The van der Waals surface area contributed by atoms with Crippen LogP contribution in [0.5, 0.6) is 0 Å². The van der Waals surface area contributed by atoms with Gasteiger partial charge in [-0.25, -0.2) is 10.8 Å². The summed E-state index contributed by atoms with van der Waals surface area (Å²) < 4.78 is 1.46. The molecule has 4 aromatic carbocycles. The fraction of sp³-hybridized carbons (Fsp3) is 0.349. The van der Waals surface area contributed by atoms with Crippen molar-refractivity contribution in [3.05, 3.63) is 124 Å². The predicted octanol–water partition coefficient (Wildman–Crippen LogP) is 6.07. The fourth-order valence-electron chi connectivity index (χ4n) is 7.55. The van der Waals surface area contributed by atoms with Crippen LogP contribution >= 0.6 is 0 Å². The van der Waals surface area contributed by atoms with Crippen molar-refractivity contribution < 1.29 is 49.0 Å². The summed E-state index contributed by atoms with van der Waals surface area (Å²) in [6, 6.07) is 22.6. The zero-order valence-electron chi connectivity index (χ0n) is 30.3. The molecular weight excluding hydrogens is 707 g/mol. The van der Waals surface area contributed by atoms with E-state index in [0.29, 0.717) is 5.92 Å². The van der Waals surface area contributed by atoms with Crippen LogP contribution in [0.1, 0.15) is 90.1 Å². The van der Waals surface area contributed by atoms with Gasteiger partial charge in [-0.2, -0.15) is 6.08 Å². The van der Waals surface area contributed by atoms with E-state index < -0.39 is 8.07 Å². The first-order chi connectivity index (χ1) is 20.9. The second kappa shape index (κ2) is 14.5. The molecule has 1 atom stereocenters. The van der Waals surface area contributed by atoms with Crippen molar-refractivity contribution in [3.63, 3.8) is 0 Å². The van der Waals surface area contributed by atoms with Crippen LogP contribution < -0.4 is 24.8 Å². The molecule has 0 aliphatic heterocycles. The summed E-state index contributed by atoms with van der Waals surface area (Å²) in [6.07, 6.45) is 10.6. The second-order valence-corrected chi connectivity index (χ2v) is 22.5. The molecule has 0 N–H and O–H groups in total. The molecule has 0 radical (unpaired) electrons. The van der Waals surface area contributed by atoms with Gasteiger partial charge in [0.15, 0.2) is 0 Å². The summed E-state index contributed by atoms with van der Waals surface area (Å²) >= 11 is 1.51. The first-order valence-corrected chi connectivity index (χ1v) is 21.2. The van der Waals surface area contributed by atoms with Gasteiger partial charge in [-0.05, 0) is 44.2 Å². The van der Waals surface area contributed by atoms with Gasteiger partial charge in [-0.1, -0.05) is 103 Å². The molecule has 0 saturated carbocycles. The van der Waals surface area contributed by atoms with E-state index in [1.165, 1.54) is 93.5 Å². The maximum absolute atomic E-state index is 3.43. The van der Waals surface area contributed by atoms with E-state index in [2.05, 4.69) is 161 Å². The van der Waals surface area contributed by atoms with E-state index in [9.17, 15) is 0 Å². The third kappa shape index (κ3) is 8.10. The third-order valence-electron chi connectivity index (χ3n) is 9.65. The topological polar surface area (TPSA) is 0 Å². The van der Waals surface area contributed by atoms with Crippen molar-refractivity contribution in [2.24, 2.45) is 5.92 Å². The summed E-state index contributed by atoms with van der Waals surface area (Å²) in [7, 11) is -1.07. The van der Waals surface area contributed by atoms with E-state index in [-0.39, 0.29) is 35.6 Å². The van der Waals surface area contributed by atoms with Gasteiger partial charge in [-0.3, -0.25) is 6.08 Å². The van der Waals surface area contributed by atoms with E-state index in [0.717, 1.165) is 0 Å². The van der Waals surface area contributed by atoms with E-state index in [4.69, 9.17) is 0 Å². The summed E-state index contributed by atoms with van der Waals surface area (Å²) in [5.74, 6) is 0.553. The first-order valence-electron chi connectivity index (χ1n) is 16.4. The van der Waals surface area contributed by atoms with Crippen molar-refractivity contribution in [1.82, 2.24) is 0 Å². The van der Waals surface area contributed by atoms with Gasteiger partial charge in [-0.15, -0.1) is 39.7 Å². The Morgan fingerprint density at radius 3 is 1.53 bits per heavy atom. The molecule has 0 aromatic heterocycles. The number of allylic oxidation sites excluding steroid dienone is 8. The Morgan fingerprint density at radius 1 is 0.766 bits per heavy atom.